The lowest BCUT2D eigenvalue weighted by Crippen LogP contribution is -2.08. The van der Waals surface area contributed by atoms with Crippen molar-refractivity contribution in [2.45, 2.75) is 57.3 Å². The number of halogens is 1. The molecule has 1 aromatic heterocycles. The summed E-state index contributed by atoms with van der Waals surface area (Å²) in [5.41, 5.74) is 5.57. The number of carboxylic acids is 1. The van der Waals surface area contributed by atoms with E-state index in [1.54, 1.807) is 4.68 Å². The first-order chi connectivity index (χ1) is 16.0. The maximum Gasteiger partial charge on any atom is 0.303 e. The van der Waals surface area contributed by atoms with Crippen molar-refractivity contribution >= 4 is 18.1 Å². The van der Waals surface area contributed by atoms with Crippen LogP contribution in [0, 0.1) is 11.7 Å². The van der Waals surface area contributed by atoms with Gasteiger partial charge in [-0.1, -0.05) is 43.3 Å². The predicted octanol–water partition coefficient (Wildman–Crippen LogP) is 6.59. The van der Waals surface area contributed by atoms with E-state index < -0.39 is 5.97 Å². The minimum atomic E-state index is -0.745. The highest BCUT2D eigenvalue weighted by atomic mass is 19.1. The molecule has 1 atom stereocenters. The Morgan fingerprint density at radius 2 is 1.97 bits per heavy atom. The maximum atomic E-state index is 14.7. The van der Waals surface area contributed by atoms with E-state index in [0.29, 0.717) is 17.5 Å². The van der Waals surface area contributed by atoms with Gasteiger partial charge in [-0.3, -0.25) is 4.79 Å². The zero-order chi connectivity index (χ0) is 22.9. The Morgan fingerprint density at radius 3 is 2.67 bits per heavy atom. The molecule has 2 fully saturated rings. The van der Waals surface area contributed by atoms with Crippen molar-refractivity contribution in [1.82, 2.24) is 9.78 Å². The Bertz CT molecular complexity index is 1200. The van der Waals surface area contributed by atoms with Crippen LogP contribution in [0.2, 0.25) is 0 Å². The fraction of sp³-hybridized carbons (Fsp3) is 0.357. The van der Waals surface area contributed by atoms with Crippen LogP contribution in [-0.2, 0) is 11.2 Å². The number of hydrogen-bond acceptors (Lipinski definition) is 2. The minimum Gasteiger partial charge on any atom is -0.481 e. The summed E-state index contributed by atoms with van der Waals surface area (Å²) >= 11 is 0. The summed E-state index contributed by atoms with van der Waals surface area (Å²) in [6.45, 7) is 2.06. The average Bonchev–Trinajstić information content (AvgIpc) is 3.75. The molecule has 5 heteroatoms. The van der Waals surface area contributed by atoms with Crippen molar-refractivity contribution in [2.24, 2.45) is 5.92 Å². The molecule has 5 rings (SSSR count). The highest BCUT2D eigenvalue weighted by Gasteiger charge is 2.33. The van der Waals surface area contributed by atoms with E-state index in [1.165, 1.54) is 6.07 Å². The smallest absolute Gasteiger partial charge is 0.303 e. The van der Waals surface area contributed by atoms with Crippen LogP contribution < -0.4 is 0 Å². The van der Waals surface area contributed by atoms with Crippen LogP contribution >= 0.6 is 0 Å². The fourth-order valence-corrected chi connectivity index (χ4v) is 4.62. The number of rotatable bonds is 9. The lowest BCUT2D eigenvalue weighted by molar-refractivity contribution is -0.137. The van der Waals surface area contributed by atoms with Crippen LogP contribution in [0.5, 0.6) is 0 Å². The van der Waals surface area contributed by atoms with E-state index in [2.05, 4.69) is 19.1 Å². The van der Waals surface area contributed by atoms with Crippen molar-refractivity contribution in [3.05, 3.63) is 82.4 Å². The standard InChI is InChI=1S/C28H29FN2O2/c1-2-18-7-13-25(29)27(15-18)31-26(21-10-11-21)16-23(30-31)12-6-19-4-3-5-22(14-19)24(17-28(32)33)20-8-9-20/h3-7,12-16,20-21,24H,2,8-11,17H2,1H3,(H,32,33)/b12-6+. The highest BCUT2D eigenvalue weighted by Crippen LogP contribution is 2.45. The molecule has 0 radical (unpaired) electrons. The molecule has 2 aromatic carbocycles. The Kier molecular flexibility index (Phi) is 5.88. The molecule has 2 aliphatic carbocycles. The molecule has 170 valence electrons. The summed E-state index contributed by atoms with van der Waals surface area (Å²) in [6.07, 6.45) is 9.43. The van der Waals surface area contributed by atoms with Gasteiger partial charge in [0.15, 0.2) is 0 Å². The van der Waals surface area contributed by atoms with Crippen molar-refractivity contribution in [1.29, 1.82) is 0 Å². The molecule has 2 saturated carbocycles. The molecule has 1 unspecified atom stereocenters. The Balaban J connectivity index is 1.43. The second-order valence-corrected chi connectivity index (χ2v) is 9.36. The molecular weight excluding hydrogens is 415 g/mol. The molecular formula is C28H29FN2O2. The molecule has 1 N–H and O–H groups in total. The molecule has 0 spiro atoms. The molecule has 0 saturated heterocycles. The van der Waals surface area contributed by atoms with Gasteiger partial charge in [0.25, 0.3) is 0 Å². The van der Waals surface area contributed by atoms with Gasteiger partial charge in [-0.15, -0.1) is 0 Å². The molecule has 33 heavy (non-hydrogen) atoms. The fourth-order valence-electron chi connectivity index (χ4n) is 4.62. The van der Waals surface area contributed by atoms with Crippen molar-refractivity contribution in [2.75, 3.05) is 0 Å². The van der Waals surface area contributed by atoms with E-state index in [-0.39, 0.29) is 18.2 Å². The molecule has 0 aliphatic heterocycles. The Hall–Kier alpha value is -3.21. The van der Waals surface area contributed by atoms with Gasteiger partial charge in [-0.05, 0) is 84.9 Å². The normalized spacial score (nSPS) is 16.9. The van der Waals surface area contributed by atoms with Crippen LogP contribution in [0.15, 0.2) is 48.5 Å². The van der Waals surface area contributed by atoms with Gasteiger partial charge in [0.2, 0.25) is 0 Å². The minimum absolute atomic E-state index is 0.0744. The second kappa shape index (κ2) is 8.97. The highest BCUT2D eigenvalue weighted by molar-refractivity contribution is 5.70. The lowest BCUT2D eigenvalue weighted by atomic mass is 9.90. The largest absolute Gasteiger partial charge is 0.481 e. The number of benzene rings is 2. The first kappa shape index (κ1) is 21.6. The zero-order valence-corrected chi connectivity index (χ0v) is 18.9. The van der Waals surface area contributed by atoms with Gasteiger partial charge in [0.1, 0.15) is 11.5 Å². The first-order valence-corrected chi connectivity index (χ1v) is 11.9. The summed E-state index contributed by atoms with van der Waals surface area (Å²) in [7, 11) is 0. The van der Waals surface area contributed by atoms with Gasteiger partial charge >= 0.3 is 5.97 Å². The second-order valence-electron chi connectivity index (χ2n) is 9.36. The van der Waals surface area contributed by atoms with Gasteiger partial charge in [-0.25, -0.2) is 9.07 Å². The van der Waals surface area contributed by atoms with Gasteiger partial charge in [0.05, 0.1) is 12.1 Å². The number of aromatic nitrogens is 2. The molecule has 0 amide bonds. The van der Waals surface area contributed by atoms with Crippen molar-refractivity contribution in [3.8, 4) is 5.69 Å². The number of aliphatic carboxylic acids is 1. The molecule has 0 bridgehead atoms. The summed E-state index contributed by atoms with van der Waals surface area (Å²) in [5.74, 6) is -0.0189. The number of hydrogen-bond donors (Lipinski definition) is 1. The van der Waals surface area contributed by atoms with Crippen molar-refractivity contribution in [3.63, 3.8) is 0 Å². The molecule has 4 nitrogen and oxygen atoms in total. The topological polar surface area (TPSA) is 55.1 Å². The average molecular weight is 445 g/mol. The van der Waals surface area contributed by atoms with E-state index in [9.17, 15) is 14.3 Å². The van der Waals surface area contributed by atoms with E-state index in [4.69, 9.17) is 5.10 Å². The maximum absolute atomic E-state index is 14.7. The van der Waals surface area contributed by atoms with Crippen LogP contribution in [-0.4, -0.2) is 20.9 Å². The number of carboxylic acid groups (broad SMARTS) is 1. The van der Waals surface area contributed by atoms with Crippen LogP contribution in [0.3, 0.4) is 0 Å². The third-order valence-electron chi connectivity index (χ3n) is 6.77. The van der Waals surface area contributed by atoms with E-state index >= 15 is 0 Å². The SMILES string of the molecule is CCc1ccc(F)c(-n2nc(/C=C/c3cccc(C(CC(=O)O)C4CC4)c3)cc2C2CC2)c1. The van der Waals surface area contributed by atoms with Crippen LogP contribution in [0.4, 0.5) is 4.39 Å². The summed E-state index contributed by atoms with van der Waals surface area (Å²) < 4.78 is 16.5. The monoisotopic (exact) mass is 444 g/mol. The molecule has 1 heterocycles. The van der Waals surface area contributed by atoms with E-state index in [0.717, 1.165) is 60.2 Å². The third kappa shape index (κ3) is 4.92. The Labute approximate surface area is 193 Å². The molecule has 3 aromatic rings. The number of nitrogens with zero attached hydrogens (tertiary/aromatic N) is 2. The third-order valence-corrected chi connectivity index (χ3v) is 6.77. The summed E-state index contributed by atoms with van der Waals surface area (Å²) in [5, 5.41) is 14.1. The first-order valence-electron chi connectivity index (χ1n) is 11.9. The lowest BCUT2D eigenvalue weighted by Gasteiger charge is -2.14. The van der Waals surface area contributed by atoms with Gasteiger partial charge in [-0.2, -0.15) is 5.10 Å². The summed E-state index contributed by atoms with van der Waals surface area (Å²) in [4.78, 5) is 11.3. The van der Waals surface area contributed by atoms with Crippen molar-refractivity contribution < 1.29 is 14.3 Å². The van der Waals surface area contributed by atoms with Crippen LogP contribution in [0.25, 0.3) is 17.8 Å². The number of aryl methyl sites for hydroxylation is 1. The van der Waals surface area contributed by atoms with Gasteiger partial charge < -0.3 is 5.11 Å². The molecule has 2 aliphatic rings. The van der Waals surface area contributed by atoms with Gasteiger partial charge in [0, 0.05) is 11.6 Å². The summed E-state index contributed by atoms with van der Waals surface area (Å²) in [6, 6.07) is 15.4. The Morgan fingerprint density at radius 1 is 1.15 bits per heavy atom. The number of carbonyl (C=O) groups is 1. The quantitative estimate of drug-likeness (QED) is 0.405. The predicted molar refractivity (Wildman–Crippen MR) is 128 cm³/mol. The van der Waals surface area contributed by atoms with E-state index in [1.807, 2.05) is 42.5 Å². The zero-order valence-electron chi connectivity index (χ0n) is 18.9. The van der Waals surface area contributed by atoms with Crippen LogP contribution in [0.1, 0.15) is 78.9 Å².